The maximum absolute atomic E-state index is 4.14. The number of nitrogens with zero attached hydrogens (tertiary/aromatic N) is 2. The Morgan fingerprint density at radius 2 is 2.40 bits per heavy atom. The average molecular weight is 205 g/mol. The molecule has 3 heteroatoms. The van der Waals surface area contributed by atoms with Gasteiger partial charge in [0.25, 0.3) is 0 Å². The van der Waals surface area contributed by atoms with Gasteiger partial charge in [0.05, 0.1) is 5.69 Å². The smallest absolute Gasteiger partial charge is 0.0603 e. The first-order chi connectivity index (χ1) is 7.36. The van der Waals surface area contributed by atoms with E-state index < -0.39 is 0 Å². The third-order valence-corrected chi connectivity index (χ3v) is 2.96. The van der Waals surface area contributed by atoms with Crippen LogP contribution in [0.3, 0.4) is 0 Å². The number of nitrogens with one attached hydrogen (secondary N) is 1. The zero-order chi connectivity index (χ0) is 10.5. The number of hydrogen-bond acceptors (Lipinski definition) is 2. The number of aryl methyl sites for hydroxylation is 1. The summed E-state index contributed by atoms with van der Waals surface area (Å²) in [6.45, 7) is 1.15. The van der Waals surface area contributed by atoms with E-state index in [0.717, 1.165) is 6.54 Å². The third kappa shape index (κ3) is 2.93. The quantitative estimate of drug-likeness (QED) is 0.800. The van der Waals surface area contributed by atoms with Crippen LogP contribution in [0, 0.1) is 0 Å². The molecule has 1 atom stereocenters. The van der Waals surface area contributed by atoms with E-state index >= 15 is 0 Å². The van der Waals surface area contributed by atoms with Gasteiger partial charge in [-0.2, -0.15) is 5.10 Å². The number of rotatable bonds is 2. The van der Waals surface area contributed by atoms with Gasteiger partial charge in [0.2, 0.25) is 0 Å². The largest absolute Gasteiger partial charge is 0.311 e. The number of hydrogen-bond donors (Lipinski definition) is 1. The Morgan fingerprint density at radius 3 is 3.20 bits per heavy atom. The molecule has 0 aromatic carbocycles. The molecule has 2 rings (SSSR count). The van der Waals surface area contributed by atoms with Crippen LogP contribution in [-0.4, -0.2) is 22.4 Å². The first-order valence-electron chi connectivity index (χ1n) is 5.76. The van der Waals surface area contributed by atoms with Crippen molar-refractivity contribution in [3.63, 3.8) is 0 Å². The van der Waals surface area contributed by atoms with Crippen molar-refractivity contribution < 1.29 is 0 Å². The van der Waals surface area contributed by atoms with Gasteiger partial charge in [-0.3, -0.25) is 4.68 Å². The van der Waals surface area contributed by atoms with Gasteiger partial charge in [0.15, 0.2) is 0 Å². The van der Waals surface area contributed by atoms with Crippen LogP contribution < -0.4 is 5.32 Å². The van der Waals surface area contributed by atoms with Crippen LogP contribution >= 0.6 is 0 Å². The van der Waals surface area contributed by atoms with E-state index in [1.807, 2.05) is 24.0 Å². The van der Waals surface area contributed by atoms with Crippen molar-refractivity contribution in [2.24, 2.45) is 7.05 Å². The fourth-order valence-electron chi connectivity index (χ4n) is 1.98. The predicted molar refractivity (Wildman–Crippen MR) is 62.5 cm³/mol. The molecule has 2 heterocycles. The second-order valence-electron chi connectivity index (χ2n) is 4.15. The van der Waals surface area contributed by atoms with Crippen LogP contribution in [0.2, 0.25) is 0 Å². The van der Waals surface area contributed by atoms with Crippen molar-refractivity contribution in [3.8, 4) is 0 Å². The molecule has 1 saturated heterocycles. The maximum Gasteiger partial charge on any atom is 0.0603 e. The van der Waals surface area contributed by atoms with E-state index in [9.17, 15) is 0 Å². The molecule has 1 aliphatic heterocycles. The molecule has 15 heavy (non-hydrogen) atoms. The van der Waals surface area contributed by atoms with Crippen LogP contribution in [-0.2, 0) is 7.05 Å². The lowest BCUT2D eigenvalue weighted by molar-refractivity contribution is 0.599. The summed E-state index contributed by atoms with van der Waals surface area (Å²) in [5.41, 5.74) is 1.17. The van der Waals surface area contributed by atoms with E-state index in [1.54, 1.807) is 0 Å². The molecular formula is C12H19N3. The molecule has 0 bridgehead atoms. The second-order valence-corrected chi connectivity index (χ2v) is 4.15. The van der Waals surface area contributed by atoms with Gasteiger partial charge >= 0.3 is 0 Å². The summed E-state index contributed by atoms with van der Waals surface area (Å²) < 4.78 is 1.90. The zero-order valence-electron chi connectivity index (χ0n) is 9.32. The molecule has 82 valence electrons. The molecule has 0 saturated carbocycles. The lowest BCUT2D eigenvalue weighted by Crippen LogP contribution is -2.25. The first kappa shape index (κ1) is 10.4. The highest BCUT2D eigenvalue weighted by Crippen LogP contribution is 2.10. The Bertz CT molecular complexity index is 319. The van der Waals surface area contributed by atoms with Crippen LogP contribution in [0.1, 0.15) is 31.4 Å². The van der Waals surface area contributed by atoms with Gasteiger partial charge in [0, 0.05) is 19.3 Å². The van der Waals surface area contributed by atoms with Gasteiger partial charge in [-0.25, -0.2) is 0 Å². The first-order valence-corrected chi connectivity index (χ1v) is 5.76. The van der Waals surface area contributed by atoms with E-state index in [0.29, 0.717) is 6.04 Å². The highest BCUT2D eigenvalue weighted by Gasteiger charge is 2.07. The topological polar surface area (TPSA) is 29.9 Å². The Morgan fingerprint density at radius 1 is 1.47 bits per heavy atom. The summed E-state index contributed by atoms with van der Waals surface area (Å²) >= 11 is 0. The monoisotopic (exact) mass is 205 g/mol. The molecule has 1 aromatic rings. The summed E-state index contributed by atoms with van der Waals surface area (Å²) in [6, 6.07) is 2.58. The van der Waals surface area contributed by atoms with Crippen LogP contribution in [0.4, 0.5) is 0 Å². The van der Waals surface area contributed by atoms with Crippen LogP contribution in [0.5, 0.6) is 0 Å². The lowest BCUT2D eigenvalue weighted by Gasteiger charge is -2.09. The zero-order valence-corrected chi connectivity index (χ0v) is 9.32. The van der Waals surface area contributed by atoms with E-state index in [1.165, 1.54) is 31.4 Å². The normalized spacial score (nSPS) is 23.1. The minimum atomic E-state index is 0.544. The average Bonchev–Trinajstić information content (AvgIpc) is 2.53. The van der Waals surface area contributed by atoms with Crippen molar-refractivity contribution in [1.82, 2.24) is 15.1 Å². The molecule has 1 unspecified atom stereocenters. The minimum Gasteiger partial charge on any atom is -0.311 e. The van der Waals surface area contributed by atoms with Gasteiger partial charge in [-0.05, 0) is 31.5 Å². The highest BCUT2D eigenvalue weighted by atomic mass is 15.2. The minimum absolute atomic E-state index is 0.544. The molecule has 1 N–H and O–H groups in total. The fraction of sp³-hybridized carbons (Fsp3) is 0.583. The van der Waals surface area contributed by atoms with Gasteiger partial charge in [-0.15, -0.1) is 0 Å². The van der Waals surface area contributed by atoms with E-state index in [-0.39, 0.29) is 0 Å². The molecule has 0 amide bonds. The Kier molecular flexibility index (Phi) is 3.56. The van der Waals surface area contributed by atoms with E-state index in [2.05, 4.69) is 22.6 Å². The summed E-state index contributed by atoms with van der Waals surface area (Å²) in [5, 5.41) is 7.69. The molecule has 0 radical (unpaired) electrons. The summed E-state index contributed by atoms with van der Waals surface area (Å²) in [7, 11) is 1.97. The Hall–Kier alpha value is -1.09. The molecule has 1 fully saturated rings. The summed E-state index contributed by atoms with van der Waals surface area (Å²) in [5.74, 6) is 0. The highest BCUT2D eigenvalue weighted by molar-refractivity contribution is 5.45. The molecule has 1 aliphatic rings. The van der Waals surface area contributed by atoms with E-state index in [4.69, 9.17) is 0 Å². The maximum atomic E-state index is 4.14. The molecule has 0 aliphatic carbocycles. The summed E-state index contributed by atoms with van der Waals surface area (Å²) in [4.78, 5) is 0. The molecule has 0 spiro atoms. The van der Waals surface area contributed by atoms with Crippen molar-refractivity contribution in [3.05, 3.63) is 24.0 Å². The second kappa shape index (κ2) is 5.12. The standard InChI is InChI=1S/C12H19N3/c1-15-12(8-10-14-15)7-6-11-5-3-2-4-9-13-11/h6-8,10-11,13H,2-5,9H2,1H3/b7-6+. The van der Waals surface area contributed by atoms with Crippen molar-refractivity contribution in [1.29, 1.82) is 0 Å². The Balaban J connectivity index is 1.95. The third-order valence-electron chi connectivity index (χ3n) is 2.96. The molecule has 1 aromatic heterocycles. The van der Waals surface area contributed by atoms with Crippen molar-refractivity contribution in [2.75, 3.05) is 6.54 Å². The SMILES string of the molecule is Cn1nccc1/C=C/C1CCCCCN1. The summed E-state index contributed by atoms with van der Waals surface area (Å²) in [6.07, 6.45) is 11.5. The number of aromatic nitrogens is 2. The van der Waals surface area contributed by atoms with Crippen molar-refractivity contribution in [2.45, 2.75) is 31.7 Å². The van der Waals surface area contributed by atoms with Crippen molar-refractivity contribution >= 4 is 6.08 Å². The molecular weight excluding hydrogens is 186 g/mol. The lowest BCUT2D eigenvalue weighted by atomic mass is 10.1. The fourth-order valence-corrected chi connectivity index (χ4v) is 1.98. The Labute approximate surface area is 91.2 Å². The van der Waals surface area contributed by atoms with Crippen LogP contribution in [0.25, 0.3) is 6.08 Å². The van der Waals surface area contributed by atoms with Gasteiger partial charge in [-0.1, -0.05) is 18.9 Å². The molecule has 3 nitrogen and oxygen atoms in total. The predicted octanol–water partition coefficient (Wildman–Crippen LogP) is 1.97. The van der Waals surface area contributed by atoms with Crippen LogP contribution in [0.15, 0.2) is 18.3 Å². The van der Waals surface area contributed by atoms with Gasteiger partial charge < -0.3 is 5.32 Å². The van der Waals surface area contributed by atoms with Gasteiger partial charge in [0.1, 0.15) is 0 Å².